The molecule has 2 heteroatoms. The first-order valence-corrected chi connectivity index (χ1v) is 26.5. The molecule has 0 aliphatic heterocycles. The van der Waals surface area contributed by atoms with Crippen LogP contribution in [-0.2, 0) is 0 Å². The van der Waals surface area contributed by atoms with Crippen LogP contribution in [0.15, 0.2) is 231 Å². The van der Waals surface area contributed by atoms with Crippen molar-refractivity contribution in [3.05, 3.63) is 297 Å². The summed E-state index contributed by atoms with van der Waals surface area (Å²) in [6.45, 7) is 17.3. The highest BCUT2D eigenvalue weighted by Gasteiger charge is 2.21. The Balaban J connectivity index is 1.07. The largest absolute Gasteiger partial charge is 0.310 e. The lowest BCUT2D eigenvalue weighted by atomic mass is 10.0. The first-order valence-electron chi connectivity index (χ1n) is 26.5. The summed E-state index contributed by atoms with van der Waals surface area (Å²) in [7, 11) is 0. The van der Waals surface area contributed by atoms with Gasteiger partial charge in [0.1, 0.15) is 0 Å². The molecule has 0 bridgehead atoms. The molecule has 0 fully saturated rings. The van der Waals surface area contributed by atoms with Gasteiger partial charge < -0.3 is 9.80 Å². The summed E-state index contributed by atoms with van der Waals surface area (Å²) >= 11 is 0. The molecule has 0 N–H and O–H groups in total. The van der Waals surface area contributed by atoms with Crippen molar-refractivity contribution in [3.8, 4) is 0 Å². The van der Waals surface area contributed by atoms with Crippen LogP contribution in [0.3, 0.4) is 0 Å². The third-order valence-electron chi connectivity index (χ3n) is 14.5. The number of allylic oxidation sites excluding steroid dienone is 4. The molecular formula is C74H66N2. The van der Waals surface area contributed by atoms with E-state index >= 15 is 0 Å². The third kappa shape index (κ3) is 11.7. The molecule has 0 spiro atoms. The zero-order chi connectivity index (χ0) is 52.7. The quantitative estimate of drug-likeness (QED) is 0.100. The Morgan fingerprint density at radius 3 is 0.671 bits per heavy atom. The van der Waals surface area contributed by atoms with E-state index in [0.29, 0.717) is 0 Å². The van der Waals surface area contributed by atoms with Crippen LogP contribution in [-0.4, -0.2) is 0 Å². The molecule has 0 heterocycles. The van der Waals surface area contributed by atoms with Gasteiger partial charge in [0.2, 0.25) is 0 Å². The summed E-state index contributed by atoms with van der Waals surface area (Å²) in [5, 5.41) is 2.29. The smallest absolute Gasteiger partial charge is 0.0541 e. The van der Waals surface area contributed by atoms with Gasteiger partial charge in [-0.05, 0) is 183 Å². The number of nitrogens with zero attached hydrogens (tertiary/aromatic N) is 2. The van der Waals surface area contributed by atoms with Gasteiger partial charge in [-0.15, -0.1) is 0 Å². The number of aryl methyl sites for hydroxylation is 4. The molecule has 0 aliphatic rings. The van der Waals surface area contributed by atoms with E-state index in [1.54, 1.807) is 0 Å². The van der Waals surface area contributed by atoms with Crippen LogP contribution in [0.2, 0.25) is 0 Å². The SMILES string of the molecule is C/C(=C\c1ccc(N(c2ccc(/C=C(\C)c3ccc(C)cc3)cc2)c2ccc(N(c3ccc(/C=C(\C)c4ccc(C)cc4)cc3)c3ccc(/C=C(\C)c4ccc(C)cc4)cc3)c3ccccc23)cc1)c1ccc(C)cc1. The average molecular weight is 983 g/mol. The highest BCUT2D eigenvalue weighted by molar-refractivity contribution is 6.07. The van der Waals surface area contributed by atoms with Crippen LogP contribution < -0.4 is 9.80 Å². The topological polar surface area (TPSA) is 6.48 Å². The molecule has 2 nitrogen and oxygen atoms in total. The molecule has 10 aromatic rings. The zero-order valence-corrected chi connectivity index (χ0v) is 45.1. The second-order valence-corrected chi connectivity index (χ2v) is 20.5. The first-order chi connectivity index (χ1) is 36.9. The van der Waals surface area contributed by atoms with E-state index in [0.717, 1.165) is 67.2 Å². The van der Waals surface area contributed by atoms with E-state index in [-0.39, 0.29) is 0 Å². The standard InChI is InChI=1S/C74H66N2/c1-51-13-29-63(30-14-51)55(5)47-59-21-37-67(38-22-59)75(68-39-23-60(24-40-68)48-56(6)64-31-15-52(2)16-32-64)73-45-46-74(72-12-10-9-11-71(72)73)76(69-41-25-61(26-42-69)49-57(7)65-33-17-53(3)18-34-65)70-43-27-62(28-44-70)50-58(8)66-35-19-54(4)20-36-66/h9-50H,1-8H3/b55-47+,56-48+,57-49+,58-50+. The molecule has 372 valence electrons. The Morgan fingerprint density at radius 1 is 0.250 bits per heavy atom. The molecule has 76 heavy (non-hydrogen) atoms. The number of hydrogen-bond donors (Lipinski definition) is 0. The van der Waals surface area contributed by atoms with Gasteiger partial charge in [-0.3, -0.25) is 0 Å². The van der Waals surface area contributed by atoms with Gasteiger partial charge in [-0.25, -0.2) is 0 Å². The molecule has 0 aliphatic carbocycles. The predicted molar refractivity (Wildman–Crippen MR) is 332 cm³/mol. The fraction of sp³-hybridized carbons (Fsp3) is 0.108. The number of hydrogen-bond acceptors (Lipinski definition) is 2. The lowest BCUT2D eigenvalue weighted by Gasteiger charge is -2.31. The lowest BCUT2D eigenvalue weighted by molar-refractivity contribution is 1.27. The van der Waals surface area contributed by atoms with E-state index in [1.165, 1.54) is 66.8 Å². The second kappa shape index (κ2) is 22.6. The lowest BCUT2D eigenvalue weighted by Crippen LogP contribution is -2.13. The minimum absolute atomic E-state index is 1.08. The third-order valence-corrected chi connectivity index (χ3v) is 14.5. The van der Waals surface area contributed by atoms with Crippen molar-refractivity contribution in [1.82, 2.24) is 0 Å². The number of anilines is 6. The van der Waals surface area contributed by atoms with Crippen molar-refractivity contribution in [1.29, 1.82) is 0 Å². The Kier molecular flexibility index (Phi) is 15.1. The molecular weight excluding hydrogens is 917 g/mol. The Morgan fingerprint density at radius 2 is 0.461 bits per heavy atom. The molecule has 0 radical (unpaired) electrons. The van der Waals surface area contributed by atoms with E-state index in [4.69, 9.17) is 0 Å². The van der Waals surface area contributed by atoms with Crippen LogP contribution in [0, 0.1) is 27.7 Å². The van der Waals surface area contributed by atoms with Crippen LogP contribution >= 0.6 is 0 Å². The van der Waals surface area contributed by atoms with Crippen LogP contribution in [0.5, 0.6) is 0 Å². The summed E-state index contributed by atoms with van der Waals surface area (Å²) < 4.78 is 0. The van der Waals surface area contributed by atoms with Gasteiger partial charge in [0, 0.05) is 33.5 Å². The summed E-state index contributed by atoms with van der Waals surface area (Å²) in [4.78, 5) is 4.82. The fourth-order valence-electron chi connectivity index (χ4n) is 9.99. The predicted octanol–water partition coefficient (Wildman–Crippen LogP) is 21.3. The Bertz CT molecular complexity index is 3280. The van der Waals surface area contributed by atoms with Gasteiger partial charge in [0.05, 0.1) is 11.4 Å². The Labute approximate surface area is 451 Å². The Hall–Kier alpha value is -8.98. The normalized spacial score (nSPS) is 12.3. The molecule has 0 saturated carbocycles. The summed E-state index contributed by atoms with van der Waals surface area (Å²) in [6.07, 6.45) is 9.10. The fourth-order valence-corrected chi connectivity index (χ4v) is 9.99. The second-order valence-electron chi connectivity index (χ2n) is 20.5. The van der Waals surface area contributed by atoms with E-state index in [1.807, 2.05) is 0 Å². The minimum atomic E-state index is 1.08. The molecule has 0 unspecified atom stereocenters. The van der Waals surface area contributed by atoms with Crippen molar-refractivity contribution in [2.24, 2.45) is 0 Å². The molecule has 0 atom stereocenters. The molecule has 0 aromatic heterocycles. The van der Waals surface area contributed by atoms with E-state index in [2.05, 4.69) is 320 Å². The van der Waals surface area contributed by atoms with E-state index < -0.39 is 0 Å². The number of fused-ring (bicyclic) bond motifs is 1. The molecule has 0 saturated heterocycles. The van der Waals surface area contributed by atoms with Crippen LogP contribution in [0.25, 0.3) is 57.4 Å². The van der Waals surface area contributed by atoms with Crippen molar-refractivity contribution in [2.75, 3.05) is 9.80 Å². The van der Waals surface area contributed by atoms with Crippen LogP contribution in [0.4, 0.5) is 34.1 Å². The first kappa shape index (κ1) is 50.5. The molecule has 0 amide bonds. The van der Waals surface area contributed by atoms with Gasteiger partial charge in [0.15, 0.2) is 0 Å². The van der Waals surface area contributed by atoms with Crippen molar-refractivity contribution in [3.63, 3.8) is 0 Å². The minimum Gasteiger partial charge on any atom is -0.310 e. The van der Waals surface area contributed by atoms with Crippen molar-refractivity contribution < 1.29 is 0 Å². The van der Waals surface area contributed by atoms with Gasteiger partial charge in [-0.2, -0.15) is 0 Å². The van der Waals surface area contributed by atoms with Gasteiger partial charge in [0.25, 0.3) is 0 Å². The summed E-state index contributed by atoms with van der Waals surface area (Å²) in [6, 6.07) is 84.5. The van der Waals surface area contributed by atoms with Crippen molar-refractivity contribution >= 4 is 91.5 Å². The molecule has 10 aromatic carbocycles. The number of benzene rings is 10. The highest BCUT2D eigenvalue weighted by Crippen LogP contribution is 2.46. The zero-order valence-electron chi connectivity index (χ0n) is 45.1. The van der Waals surface area contributed by atoms with Gasteiger partial charge in [-0.1, -0.05) is 216 Å². The monoisotopic (exact) mass is 983 g/mol. The van der Waals surface area contributed by atoms with E-state index in [9.17, 15) is 0 Å². The van der Waals surface area contributed by atoms with Crippen LogP contribution in [0.1, 0.15) is 94.5 Å². The summed E-state index contributed by atoms with van der Waals surface area (Å²) in [5.74, 6) is 0. The number of rotatable bonds is 14. The van der Waals surface area contributed by atoms with Crippen molar-refractivity contribution in [2.45, 2.75) is 55.4 Å². The maximum absolute atomic E-state index is 2.41. The van der Waals surface area contributed by atoms with Gasteiger partial charge >= 0.3 is 0 Å². The highest BCUT2D eigenvalue weighted by atomic mass is 15.2. The molecule has 10 rings (SSSR count). The maximum Gasteiger partial charge on any atom is 0.0541 e. The average Bonchev–Trinajstić information content (AvgIpc) is 3.45. The maximum atomic E-state index is 2.41. The summed E-state index contributed by atoms with van der Waals surface area (Å²) in [5.41, 5.74) is 26.0.